The molecule has 0 aromatic carbocycles. The van der Waals surface area contributed by atoms with Crippen molar-refractivity contribution in [1.82, 2.24) is 10.2 Å². The van der Waals surface area contributed by atoms with Gasteiger partial charge in [0.1, 0.15) is 0 Å². The zero-order valence-electron chi connectivity index (χ0n) is 8.70. The van der Waals surface area contributed by atoms with Crippen molar-refractivity contribution < 1.29 is 4.79 Å². The monoisotopic (exact) mass is 194 g/mol. The largest absolute Gasteiger partial charge is 0.351 e. The Kier molecular flexibility index (Phi) is 1.84. The number of hydrogen-bond acceptors (Lipinski definition) is 2. The molecule has 4 atom stereocenters. The van der Waals surface area contributed by atoms with Crippen molar-refractivity contribution in [3.05, 3.63) is 0 Å². The number of hydrogen-bond donors (Lipinski definition) is 1. The lowest BCUT2D eigenvalue weighted by Crippen LogP contribution is -2.43. The average molecular weight is 194 g/mol. The van der Waals surface area contributed by atoms with E-state index in [1.807, 2.05) is 6.92 Å². The van der Waals surface area contributed by atoms with E-state index in [2.05, 4.69) is 10.2 Å². The number of fused-ring (bicyclic) bond motifs is 1. The molecule has 2 heterocycles. The Labute approximate surface area is 84.8 Å². The highest BCUT2D eigenvalue weighted by atomic mass is 16.1. The summed E-state index contributed by atoms with van der Waals surface area (Å²) in [6.45, 7) is 4.43. The molecule has 1 saturated carbocycles. The van der Waals surface area contributed by atoms with E-state index < -0.39 is 0 Å². The van der Waals surface area contributed by atoms with Gasteiger partial charge in [-0.2, -0.15) is 0 Å². The molecular formula is C11H18N2O. The van der Waals surface area contributed by atoms with Crippen LogP contribution in [-0.4, -0.2) is 36.0 Å². The molecule has 4 unspecified atom stereocenters. The van der Waals surface area contributed by atoms with Gasteiger partial charge >= 0.3 is 0 Å². The molecule has 3 rings (SSSR count). The van der Waals surface area contributed by atoms with Crippen LogP contribution < -0.4 is 5.32 Å². The van der Waals surface area contributed by atoms with Gasteiger partial charge in [-0.05, 0) is 31.2 Å². The third-order valence-electron chi connectivity index (χ3n) is 4.29. The average Bonchev–Trinajstić information content (AvgIpc) is 2.74. The van der Waals surface area contributed by atoms with E-state index in [1.165, 1.54) is 25.9 Å². The molecule has 3 fully saturated rings. The van der Waals surface area contributed by atoms with Crippen LogP contribution in [-0.2, 0) is 4.79 Å². The molecule has 1 aliphatic carbocycles. The SMILES string of the molecule is CCC(=O)NC1C2CC3CCN(C2)C31. The quantitative estimate of drug-likeness (QED) is 0.698. The Morgan fingerprint density at radius 2 is 2.36 bits per heavy atom. The van der Waals surface area contributed by atoms with E-state index in [-0.39, 0.29) is 5.91 Å². The van der Waals surface area contributed by atoms with Crippen molar-refractivity contribution in [2.24, 2.45) is 11.8 Å². The van der Waals surface area contributed by atoms with Gasteiger partial charge in [0.2, 0.25) is 5.91 Å². The van der Waals surface area contributed by atoms with Crippen molar-refractivity contribution in [1.29, 1.82) is 0 Å². The maximum Gasteiger partial charge on any atom is 0.219 e. The first-order valence-electron chi connectivity index (χ1n) is 5.83. The summed E-state index contributed by atoms with van der Waals surface area (Å²) in [6.07, 6.45) is 3.34. The highest BCUT2D eigenvalue weighted by molar-refractivity contribution is 5.76. The molecule has 2 aliphatic heterocycles. The van der Waals surface area contributed by atoms with Gasteiger partial charge in [-0.1, -0.05) is 6.92 Å². The number of nitrogens with zero attached hydrogens (tertiary/aromatic N) is 1. The normalized spacial score (nSPS) is 44.6. The minimum absolute atomic E-state index is 0.231. The van der Waals surface area contributed by atoms with Crippen molar-refractivity contribution in [3.8, 4) is 0 Å². The van der Waals surface area contributed by atoms with Gasteiger partial charge < -0.3 is 5.32 Å². The van der Waals surface area contributed by atoms with E-state index in [0.29, 0.717) is 18.5 Å². The fraction of sp³-hybridized carbons (Fsp3) is 0.909. The third kappa shape index (κ3) is 1.05. The minimum Gasteiger partial charge on any atom is -0.351 e. The lowest BCUT2D eigenvalue weighted by atomic mass is 10.0. The van der Waals surface area contributed by atoms with Crippen LogP contribution >= 0.6 is 0 Å². The van der Waals surface area contributed by atoms with Crippen LogP contribution in [0.1, 0.15) is 26.2 Å². The minimum atomic E-state index is 0.231. The number of piperidine rings is 1. The summed E-state index contributed by atoms with van der Waals surface area (Å²) in [6, 6.07) is 1.17. The van der Waals surface area contributed by atoms with Crippen LogP contribution in [0.15, 0.2) is 0 Å². The summed E-state index contributed by atoms with van der Waals surface area (Å²) >= 11 is 0. The van der Waals surface area contributed by atoms with Crippen molar-refractivity contribution in [2.75, 3.05) is 13.1 Å². The molecule has 14 heavy (non-hydrogen) atoms. The molecular weight excluding hydrogens is 176 g/mol. The summed E-state index contributed by atoms with van der Waals surface area (Å²) in [5.74, 6) is 1.87. The number of nitrogens with one attached hydrogen (secondary N) is 1. The van der Waals surface area contributed by atoms with Gasteiger partial charge in [-0.25, -0.2) is 0 Å². The van der Waals surface area contributed by atoms with E-state index in [0.717, 1.165) is 11.8 Å². The second-order valence-corrected chi connectivity index (χ2v) is 4.98. The van der Waals surface area contributed by atoms with Gasteiger partial charge in [0.25, 0.3) is 0 Å². The number of carbonyl (C=O) groups is 1. The Bertz CT molecular complexity index is 252. The first-order valence-corrected chi connectivity index (χ1v) is 5.83. The summed E-state index contributed by atoms with van der Waals surface area (Å²) in [4.78, 5) is 14.0. The molecule has 3 nitrogen and oxygen atoms in total. The first kappa shape index (κ1) is 8.72. The molecule has 0 spiro atoms. The molecule has 3 heteroatoms. The molecule has 0 radical (unpaired) electrons. The molecule has 1 amide bonds. The first-order chi connectivity index (χ1) is 6.79. The maximum absolute atomic E-state index is 11.4. The lowest BCUT2D eigenvalue weighted by Gasteiger charge is -2.22. The predicted octanol–water partition coefficient (Wildman–Crippen LogP) is 0.605. The Morgan fingerprint density at radius 3 is 3.07 bits per heavy atom. The van der Waals surface area contributed by atoms with Crippen LogP contribution in [0, 0.1) is 11.8 Å². The number of carbonyl (C=O) groups excluding carboxylic acids is 1. The van der Waals surface area contributed by atoms with Gasteiger partial charge in [0.05, 0.1) is 0 Å². The second kappa shape index (κ2) is 2.96. The summed E-state index contributed by atoms with van der Waals surface area (Å²) in [7, 11) is 0. The second-order valence-electron chi connectivity index (χ2n) is 4.98. The van der Waals surface area contributed by atoms with Crippen LogP contribution in [0.5, 0.6) is 0 Å². The van der Waals surface area contributed by atoms with Crippen molar-refractivity contribution >= 4 is 5.91 Å². The molecule has 3 aliphatic rings. The van der Waals surface area contributed by atoms with Crippen LogP contribution in [0.2, 0.25) is 0 Å². The van der Waals surface area contributed by atoms with Gasteiger partial charge in [0, 0.05) is 25.0 Å². The molecule has 78 valence electrons. The topological polar surface area (TPSA) is 32.3 Å². The molecule has 2 bridgehead atoms. The fourth-order valence-electron chi connectivity index (χ4n) is 3.74. The summed E-state index contributed by atoms with van der Waals surface area (Å²) in [5.41, 5.74) is 0. The third-order valence-corrected chi connectivity index (χ3v) is 4.29. The smallest absolute Gasteiger partial charge is 0.219 e. The highest BCUT2D eigenvalue weighted by Gasteiger charge is 2.55. The molecule has 1 N–H and O–H groups in total. The highest BCUT2D eigenvalue weighted by Crippen LogP contribution is 2.47. The number of rotatable bonds is 2. The van der Waals surface area contributed by atoms with Crippen LogP contribution in [0.25, 0.3) is 0 Å². The zero-order chi connectivity index (χ0) is 9.71. The van der Waals surface area contributed by atoms with Gasteiger partial charge in [-0.15, -0.1) is 0 Å². The van der Waals surface area contributed by atoms with Gasteiger partial charge in [0.15, 0.2) is 0 Å². The standard InChI is InChI=1S/C11H18N2O/c1-2-9(14)12-10-8-5-7-3-4-13(6-8)11(7)10/h7-8,10-11H,2-6H2,1H3,(H,12,14). The Hall–Kier alpha value is -0.570. The van der Waals surface area contributed by atoms with Crippen LogP contribution in [0.3, 0.4) is 0 Å². The summed E-state index contributed by atoms with van der Waals surface area (Å²) < 4.78 is 0. The Morgan fingerprint density at radius 1 is 1.50 bits per heavy atom. The van der Waals surface area contributed by atoms with E-state index in [1.54, 1.807) is 0 Å². The lowest BCUT2D eigenvalue weighted by molar-refractivity contribution is -0.121. The summed E-state index contributed by atoms with van der Waals surface area (Å²) in [5, 5.41) is 3.21. The molecule has 2 saturated heterocycles. The van der Waals surface area contributed by atoms with Crippen molar-refractivity contribution in [3.63, 3.8) is 0 Å². The Balaban J connectivity index is 1.74. The number of amides is 1. The van der Waals surface area contributed by atoms with E-state index in [4.69, 9.17) is 0 Å². The fourth-order valence-corrected chi connectivity index (χ4v) is 3.74. The van der Waals surface area contributed by atoms with Crippen molar-refractivity contribution in [2.45, 2.75) is 38.3 Å². The van der Waals surface area contributed by atoms with E-state index in [9.17, 15) is 4.79 Å². The maximum atomic E-state index is 11.4. The van der Waals surface area contributed by atoms with E-state index >= 15 is 0 Å². The van der Waals surface area contributed by atoms with Gasteiger partial charge in [-0.3, -0.25) is 9.69 Å². The zero-order valence-corrected chi connectivity index (χ0v) is 8.70. The molecule has 0 aromatic heterocycles. The van der Waals surface area contributed by atoms with Crippen LogP contribution in [0.4, 0.5) is 0 Å². The predicted molar refractivity (Wildman–Crippen MR) is 53.8 cm³/mol. The molecule has 0 aromatic rings.